The highest BCUT2D eigenvalue weighted by Gasteiger charge is 2.43. The molecule has 2 N–H and O–H groups in total. The first-order valence-electron chi connectivity index (χ1n) is 2.72. The Labute approximate surface area is 61.3 Å². The van der Waals surface area contributed by atoms with Gasteiger partial charge in [-0.3, -0.25) is 5.73 Å². The van der Waals surface area contributed by atoms with Gasteiger partial charge in [-0.2, -0.15) is 13.2 Å². The molecule has 0 aromatic carbocycles. The molecule has 0 amide bonds. The van der Waals surface area contributed by atoms with Gasteiger partial charge in [0.2, 0.25) is 0 Å². The molecular weight excluding hydrogens is 163 g/mol. The van der Waals surface area contributed by atoms with Crippen LogP contribution in [0, 0.1) is 0 Å². The number of nitrogens with two attached hydrogens (primary N) is 1. The first-order valence-corrected chi connectivity index (χ1v) is 2.72. The molecule has 0 atom stereocenters. The number of hydrogen-bond acceptors (Lipinski definition) is 3. The average molecular weight is 171 g/mol. The van der Waals surface area contributed by atoms with Crippen molar-refractivity contribution in [2.45, 2.75) is 25.7 Å². The van der Waals surface area contributed by atoms with E-state index in [1.54, 1.807) is 0 Å². The van der Waals surface area contributed by atoms with Crippen molar-refractivity contribution in [2.75, 3.05) is 0 Å². The third-order valence-corrected chi connectivity index (χ3v) is 0.587. The molecule has 0 aliphatic carbocycles. The highest BCUT2D eigenvalue weighted by Crippen LogP contribution is 2.18. The van der Waals surface area contributed by atoms with Crippen molar-refractivity contribution in [3.05, 3.63) is 0 Å². The SMILES string of the molecule is CC(C)(N)OC(=O)C(F)(F)F. The van der Waals surface area contributed by atoms with Gasteiger partial charge in [0.25, 0.3) is 0 Å². The summed E-state index contributed by atoms with van der Waals surface area (Å²) in [5.74, 6) is -2.27. The van der Waals surface area contributed by atoms with Crippen molar-refractivity contribution in [2.24, 2.45) is 5.73 Å². The van der Waals surface area contributed by atoms with E-state index in [1.807, 2.05) is 0 Å². The largest absolute Gasteiger partial charge is 0.490 e. The van der Waals surface area contributed by atoms with Gasteiger partial charge in [-0.25, -0.2) is 4.79 Å². The Balaban J connectivity index is 4.11. The number of carbonyl (C=O) groups excluding carboxylic acids is 1. The Hall–Kier alpha value is -0.780. The first kappa shape index (κ1) is 10.2. The molecule has 0 unspecified atom stereocenters. The molecule has 0 heterocycles. The van der Waals surface area contributed by atoms with E-state index in [1.165, 1.54) is 0 Å². The van der Waals surface area contributed by atoms with Crippen LogP contribution in [0.15, 0.2) is 0 Å². The predicted octanol–water partition coefficient (Wildman–Crippen LogP) is 0.787. The number of rotatable bonds is 1. The van der Waals surface area contributed by atoms with E-state index in [0.717, 1.165) is 13.8 Å². The summed E-state index contributed by atoms with van der Waals surface area (Å²) >= 11 is 0. The van der Waals surface area contributed by atoms with Gasteiger partial charge >= 0.3 is 12.1 Å². The summed E-state index contributed by atoms with van der Waals surface area (Å²) in [4.78, 5) is 10.1. The summed E-state index contributed by atoms with van der Waals surface area (Å²) in [6, 6.07) is 0. The topological polar surface area (TPSA) is 52.3 Å². The fraction of sp³-hybridized carbons (Fsp3) is 0.800. The molecule has 0 bridgehead atoms. The van der Waals surface area contributed by atoms with Gasteiger partial charge in [-0.1, -0.05) is 0 Å². The van der Waals surface area contributed by atoms with Crippen LogP contribution >= 0.6 is 0 Å². The van der Waals surface area contributed by atoms with E-state index in [0.29, 0.717) is 0 Å². The zero-order chi connectivity index (χ0) is 9.28. The Morgan fingerprint density at radius 1 is 1.36 bits per heavy atom. The number of alkyl halides is 3. The summed E-state index contributed by atoms with van der Waals surface area (Å²) in [5, 5.41) is 0. The fourth-order valence-corrected chi connectivity index (χ4v) is 0.297. The minimum absolute atomic E-state index is 1.15. The van der Waals surface area contributed by atoms with Crippen molar-refractivity contribution in [1.82, 2.24) is 0 Å². The van der Waals surface area contributed by atoms with Crippen molar-refractivity contribution >= 4 is 5.97 Å². The Morgan fingerprint density at radius 2 is 1.73 bits per heavy atom. The monoisotopic (exact) mass is 171 g/mol. The summed E-state index contributed by atoms with van der Waals surface area (Å²) in [5.41, 5.74) is 3.40. The van der Waals surface area contributed by atoms with Crippen LogP contribution in [-0.2, 0) is 9.53 Å². The maximum absolute atomic E-state index is 11.4. The van der Waals surface area contributed by atoms with Crippen LogP contribution in [0.1, 0.15) is 13.8 Å². The lowest BCUT2D eigenvalue weighted by Crippen LogP contribution is -2.42. The van der Waals surface area contributed by atoms with Gasteiger partial charge in [0.05, 0.1) is 0 Å². The lowest BCUT2D eigenvalue weighted by Gasteiger charge is -2.19. The normalized spacial score (nSPS) is 12.9. The smallest absolute Gasteiger partial charge is 0.438 e. The van der Waals surface area contributed by atoms with Crippen LogP contribution < -0.4 is 5.73 Å². The maximum atomic E-state index is 11.4. The fourth-order valence-electron chi connectivity index (χ4n) is 0.297. The van der Waals surface area contributed by atoms with Crippen LogP contribution in [0.2, 0.25) is 0 Å². The number of hydrogen-bond donors (Lipinski definition) is 1. The van der Waals surface area contributed by atoms with Crippen molar-refractivity contribution in [3.8, 4) is 0 Å². The third-order valence-electron chi connectivity index (χ3n) is 0.587. The number of esters is 1. The highest BCUT2D eigenvalue weighted by molar-refractivity contribution is 5.75. The number of halogens is 3. The molecule has 0 saturated heterocycles. The Bertz CT molecular complexity index is 158. The lowest BCUT2D eigenvalue weighted by atomic mass is 10.3. The summed E-state index contributed by atoms with van der Waals surface area (Å²) in [6.07, 6.45) is -4.98. The van der Waals surface area contributed by atoms with Crippen LogP contribution in [0.25, 0.3) is 0 Å². The van der Waals surface area contributed by atoms with Crippen LogP contribution in [-0.4, -0.2) is 17.9 Å². The molecule has 0 aromatic rings. The lowest BCUT2D eigenvalue weighted by molar-refractivity contribution is -0.211. The molecular formula is C5H8F3NO2. The molecule has 0 rings (SSSR count). The van der Waals surface area contributed by atoms with Crippen LogP contribution in [0.3, 0.4) is 0 Å². The molecule has 0 aliphatic rings. The molecule has 6 heteroatoms. The molecule has 0 radical (unpaired) electrons. The third kappa shape index (κ3) is 4.60. The van der Waals surface area contributed by atoms with Gasteiger partial charge in [0.15, 0.2) is 5.72 Å². The van der Waals surface area contributed by atoms with Crippen molar-refractivity contribution in [1.29, 1.82) is 0 Å². The van der Waals surface area contributed by atoms with E-state index in [4.69, 9.17) is 5.73 Å². The van der Waals surface area contributed by atoms with E-state index in [9.17, 15) is 18.0 Å². The molecule has 0 saturated carbocycles. The summed E-state index contributed by atoms with van der Waals surface area (Å²) in [6.45, 7) is 2.30. The summed E-state index contributed by atoms with van der Waals surface area (Å²) < 4.78 is 38.2. The number of ether oxygens (including phenoxy) is 1. The van der Waals surface area contributed by atoms with Crippen LogP contribution in [0.4, 0.5) is 13.2 Å². The Morgan fingerprint density at radius 3 is 1.82 bits per heavy atom. The van der Waals surface area contributed by atoms with Crippen molar-refractivity contribution < 1.29 is 22.7 Å². The molecule has 0 spiro atoms. The van der Waals surface area contributed by atoms with E-state index < -0.39 is 17.9 Å². The second-order valence-electron chi connectivity index (χ2n) is 2.49. The van der Waals surface area contributed by atoms with Crippen LogP contribution in [0.5, 0.6) is 0 Å². The van der Waals surface area contributed by atoms with Gasteiger partial charge in [0.1, 0.15) is 0 Å². The zero-order valence-corrected chi connectivity index (χ0v) is 6.03. The average Bonchev–Trinajstić information content (AvgIpc) is 1.56. The van der Waals surface area contributed by atoms with Gasteiger partial charge in [-0.05, 0) is 13.8 Å². The molecule has 0 aromatic heterocycles. The molecule has 0 fully saturated rings. The minimum atomic E-state index is -4.98. The van der Waals surface area contributed by atoms with Gasteiger partial charge < -0.3 is 4.74 Å². The van der Waals surface area contributed by atoms with E-state index in [-0.39, 0.29) is 0 Å². The molecule has 66 valence electrons. The van der Waals surface area contributed by atoms with Gasteiger partial charge in [0, 0.05) is 0 Å². The molecule has 3 nitrogen and oxygen atoms in total. The van der Waals surface area contributed by atoms with E-state index in [2.05, 4.69) is 4.74 Å². The van der Waals surface area contributed by atoms with E-state index >= 15 is 0 Å². The zero-order valence-electron chi connectivity index (χ0n) is 6.03. The molecule has 11 heavy (non-hydrogen) atoms. The minimum Gasteiger partial charge on any atom is -0.438 e. The predicted molar refractivity (Wildman–Crippen MR) is 30.4 cm³/mol. The quantitative estimate of drug-likeness (QED) is 0.468. The second kappa shape index (κ2) is 2.69. The van der Waals surface area contributed by atoms with Gasteiger partial charge in [-0.15, -0.1) is 0 Å². The number of carbonyl (C=O) groups is 1. The highest BCUT2D eigenvalue weighted by atomic mass is 19.4. The van der Waals surface area contributed by atoms with Crippen molar-refractivity contribution in [3.63, 3.8) is 0 Å². The molecule has 0 aliphatic heterocycles. The Kier molecular flexibility index (Phi) is 2.50. The standard InChI is InChI=1S/C5H8F3NO2/c1-4(2,9)11-3(10)5(6,7)8/h9H2,1-2H3. The first-order chi connectivity index (χ1) is 4.63. The summed E-state index contributed by atoms with van der Waals surface area (Å²) in [7, 11) is 0. The second-order valence-corrected chi connectivity index (χ2v) is 2.49. The maximum Gasteiger partial charge on any atom is 0.490 e.